The van der Waals surface area contributed by atoms with E-state index in [0.717, 1.165) is 25.0 Å². The van der Waals surface area contributed by atoms with Crippen LogP contribution < -0.4 is 0 Å². The Hall–Kier alpha value is 1.02. The third-order valence-corrected chi connectivity index (χ3v) is 1.49. The van der Waals surface area contributed by atoms with Crippen molar-refractivity contribution in [3.63, 3.8) is 0 Å². The van der Waals surface area contributed by atoms with Crippen molar-refractivity contribution in [3.8, 4) is 0 Å². The Morgan fingerprint density at radius 3 is 2.33 bits per heavy atom. The maximum absolute atomic E-state index is 5.14. The maximum atomic E-state index is 5.14. The minimum Gasteiger partial charge on any atom is -0.350 e. The van der Waals surface area contributed by atoms with Gasteiger partial charge in [0.25, 0.3) is 0 Å². The number of hydrogen-bond donors (Lipinski definition) is 0. The largest absolute Gasteiger partial charge is 0.350 e. The third-order valence-electron chi connectivity index (χ3n) is 1.04. The van der Waals surface area contributed by atoms with E-state index >= 15 is 0 Å². The first-order chi connectivity index (χ1) is 3.93. The summed E-state index contributed by atoms with van der Waals surface area (Å²) >= 11 is 3.30. The van der Waals surface area contributed by atoms with Crippen LogP contribution in [0.4, 0.5) is 0 Å². The molecule has 9 heavy (non-hydrogen) atoms. The van der Waals surface area contributed by atoms with Crippen LogP contribution >= 0.6 is 15.9 Å². The van der Waals surface area contributed by atoms with Gasteiger partial charge in [-0.25, -0.2) is 0 Å². The number of hydrogen-bond acceptors (Lipinski definition) is 2. The van der Waals surface area contributed by atoms with E-state index in [1.54, 1.807) is 0 Å². The molecule has 1 aliphatic rings. The summed E-state index contributed by atoms with van der Waals surface area (Å²) in [5, 5.41) is 0.956. The number of halogens is 1. The summed E-state index contributed by atoms with van der Waals surface area (Å²) in [5.41, 5.74) is 0. The van der Waals surface area contributed by atoms with Crippen molar-refractivity contribution in [1.29, 1.82) is 0 Å². The van der Waals surface area contributed by atoms with Gasteiger partial charge in [-0.05, 0) is 0 Å². The fraction of sp³-hybridized carbons (Fsp3) is 1.00. The monoisotopic (exact) mass is 244 g/mol. The van der Waals surface area contributed by atoms with Crippen LogP contribution in [0.25, 0.3) is 0 Å². The molecule has 2 nitrogen and oxygen atoms in total. The van der Waals surface area contributed by atoms with E-state index in [4.69, 9.17) is 9.47 Å². The van der Waals surface area contributed by atoms with Gasteiger partial charge in [0.05, 0.1) is 13.2 Å². The Morgan fingerprint density at radius 1 is 1.33 bits per heavy atom. The molecule has 1 saturated heterocycles. The van der Waals surface area contributed by atoms with E-state index in [-0.39, 0.29) is 25.8 Å². The molecule has 0 N–H and O–H groups in total. The molecule has 0 aromatic carbocycles. The van der Waals surface area contributed by atoms with E-state index in [2.05, 4.69) is 15.9 Å². The molecule has 0 spiro atoms. The van der Waals surface area contributed by atoms with Crippen LogP contribution in [0, 0.1) is 0 Å². The van der Waals surface area contributed by atoms with Gasteiger partial charge in [0.15, 0.2) is 6.29 Å². The van der Waals surface area contributed by atoms with E-state index in [1.165, 1.54) is 0 Å². The van der Waals surface area contributed by atoms with Crippen molar-refractivity contribution in [2.75, 3.05) is 18.5 Å². The van der Waals surface area contributed by atoms with Crippen molar-refractivity contribution < 1.29 is 29.0 Å². The molecule has 0 amide bonds. The summed E-state index contributed by atoms with van der Waals surface area (Å²) in [6.07, 6.45) is 1.02. The molecule has 1 heterocycles. The van der Waals surface area contributed by atoms with Crippen LogP contribution in [0.15, 0.2) is 0 Å². The molecule has 0 aromatic heterocycles. The Balaban J connectivity index is 0.000000640. The zero-order chi connectivity index (χ0) is 5.82. The smallest absolute Gasteiger partial charge is 0.158 e. The van der Waals surface area contributed by atoms with Gasteiger partial charge in [-0.2, -0.15) is 0 Å². The summed E-state index contributed by atoms with van der Waals surface area (Å²) in [7, 11) is 0. The molecule has 1 aliphatic heterocycles. The van der Waals surface area contributed by atoms with Crippen LogP contribution in [-0.4, -0.2) is 24.8 Å². The van der Waals surface area contributed by atoms with Gasteiger partial charge in [-0.1, -0.05) is 15.9 Å². The molecular weight excluding hydrogens is 237 g/mol. The van der Waals surface area contributed by atoms with E-state index < -0.39 is 0 Å². The fourth-order valence-corrected chi connectivity index (χ4v) is 1.04. The topological polar surface area (TPSA) is 18.5 Å². The molecule has 0 saturated carbocycles. The van der Waals surface area contributed by atoms with E-state index in [0.29, 0.717) is 0 Å². The molecular formula is C5H9BrO2Zn. The minimum atomic E-state index is 0. The molecule has 4 heteroatoms. The summed E-state index contributed by atoms with van der Waals surface area (Å²) in [4.78, 5) is 0. The second-order valence-electron chi connectivity index (χ2n) is 1.65. The van der Waals surface area contributed by atoms with Crippen LogP contribution in [-0.2, 0) is 29.0 Å². The number of alkyl halides is 1. The van der Waals surface area contributed by atoms with Gasteiger partial charge in [0.2, 0.25) is 0 Å². The summed E-state index contributed by atoms with van der Waals surface area (Å²) in [6, 6.07) is 0. The predicted molar refractivity (Wildman–Crippen MR) is 34.1 cm³/mol. The molecule has 0 aromatic rings. The SMILES string of the molecule is BrCCC1OCCO1.[Zn]. The van der Waals surface area contributed by atoms with Gasteiger partial charge in [-0.3, -0.25) is 0 Å². The van der Waals surface area contributed by atoms with Gasteiger partial charge in [0, 0.05) is 31.2 Å². The van der Waals surface area contributed by atoms with Crippen molar-refractivity contribution in [3.05, 3.63) is 0 Å². The molecule has 1 rings (SSSR count). The summed E-state index contributed by atoms with van der Waals surface area (Å²) in [6.45, 7) is 1.52. The van der Waals surface area contributed by atoms with Crippen molar-refractivity contribution in [2.24, 2.45) is 0 Å². The maximum Gasteiger partial charge on any atom is 0.158 e. The fourth-order valence-electron chi connectivity index (χ4n) is 0.663. The second-order valence-corrected chi connectivity index (χ2v) is 2.44. The quantitative estimate of drug-likeness (QED) is 0.537. The Kier molecular flexibility index (Phi) is 6.44. The average Bonchev–Trinajstić information content (AvgIpc) is 2.19. The predicted octanol–water partition coefficient (Wildman–Crippen LogP) is 1.14. The number of rotatable bonds is 2. The van der Waals surface area contributed by atoms with Crippen LogP contribution in [0.5, 0.6) is 0 Å². The van der Waals surface area contributed by atoms with Crippen LogP contribution in [0.1, 0.15) is 6.42 Å². The summed E-state index contributed by atoms with van der Waals surface area (Å²) < 4.78 is 10.3. The summed E-state index contributed by atoms with van der Waals surface area (Å²) in [5.74, 6) is 0. The Labute approximate surface area is 76.2 Å². The molecule has 0 radical (unpaired) electrons. The van der Waals surface area contributed by atoms with Crippen molar-refractivity contribution in [2.45, 2.75) is 12.7 Å². The zero-order valence-electron chi connectivity index (χ0n) is 5.31. The Morgan fingerprint density at radius 2 is 1.89 bits per heavy atom. The normalized spacial score (nSPS) is 19.7. The first-order valence-corrected chi connectivity index (χ1v) is 3.85. The van der Waals surface area contributed by atoms with Crippen LogP contribution in [0.2, 0.25) is 0 Å². The van der Waals surface area contributed by atoms with E-state index in [1.807, 2.05) is 0 Å². The first kappa shape index (κ1) is 10.0. The molecule has 50 valence electrons. The van der Waals surface area contributed by atoms with Gasteiger partial charge in [-0.15, -0.1) is 0 Å². The average molecular weight is 246 g/mol. The molecule has 0 unspecified atom stereocenters. The molecule has 0 atom stereocenters. The Bertz CT molecular complexity index is 66.0. The molecule has 0 aliphatic carbocycles. The van der Waals surface area contributed by atoms with Crippen molar-refractivity contribution in [1.82, 2.24) is 0 Å². The second kappa shape index (κ2) is 5.78. The molecule has 0 bridgehead atoms. The standard InChI is InChI=1S/C5H9BrO2.Zn/c6-2-1-5-7-3-4-8-5;/h5H,1-4H2;. The van der Waals surface area contributed by atoms with E-state index in [9.17, 15) is 0 Å². The van der Waals surface area contributed by atoms with Crippen molar-refractivity contribution >= 4 is 15.9 Å². The van der Waals surface area contributed by atoms with Gasteiger partial charge in [0.1, 0.15) is 0 Å². The van der Waals surface area contributed by atoms with Crippen LogP contribution in [0.3, 0.4) is 0 Å². The molecule has 1 fully saturated rings. The minimum absolute atomic E-state index is 0. The van der Waals surface area contributed by atoms with Gasteiger partial charge < -0.3 is 9.47 Å². The van der Waals surface area contributed by atoms with Gasteiger partial charge >= 0.3 is 0 Å². The third kappa shape index (κ3) is 3.66. The first-order valence-electron chi connectivity index (χ1n) is 2.72. The number of ether oxygens (including phenoxy) is 2. The zero-order valence-corrected chi connectivity index (χ0v) is 9.86.